The second-order valence-corrected chi connectivity index (χ2v) is 12.0. The van der Waals surface area contributed by atoms with E-state index in [2.05, 4.69) is 5.32 Å². The second-order valence-electron chi connectivity index (χ2n) is 9.68. The van der Waals surface area contributed by atoms with Gasteiger partial charge in [-0.3, -0.25) is 13.9 Å². The lowest BCUT2D eigenvalue weighted by Gasteiger charge is -2.32. The van der Waals surface area contributed by atoms with Crippen LogP contribution in [0.3, 0.4) is 0 Å². The molecule has 0 unspecified atom stereocenters. The fraction of sp³-hybridized carbons (Fsp3) is 0.355. The monoisotopic (exact) mass is 599 g/mol. The van der Waals surface area contributed by atoms with Crippen LogP contribution in [-0.4, -0.2) is 56.9 Å². The van der Waals surface area contributed by atoms with Crippen molar-refractivity contribution in [1.82, 2.24) is 10.2 Å². The van der Waals surface area contributed by atoms with Crippen molar-refractivity contribution >= 4 is 39.1 Å². The summed E-state index contributed by atoms with van der Waals surface area (Å²) in [7, 11) is -4.23. The van der Waals surface area contributed by atoms with E-state index in [-0.39, 0.29) is 29.1 Å². The number of nitrogens with one attached hydrogen (secondary N) is 1. The molecule has 0 aliphatic heterocycles. The zero-order valence-corrected chi connectivity index (χ0v) is 25.5. The number of hydrogen-bond acceptors (Lipinski definition) is 5. The average Bonchev–Trinajstić information content (AvgIpc) is 2.97. The van der Waals surface area contributed by atoms with Crippen molar-refractivity contribution < 1.29 is 22.7 Å². The van der Waals surface area contributed by atoms with Gasteiger partial charge in [-0.1, -0.05) is 61.0 Å². The van der Waals surface area contributed by atoms with Gasteiger partial charge < -0.3 is 15.0 Å². The maximum Gasteiger partial charge on any atom is 0.264 e. The summed E-state index contributed by atoms with van der Waals surface area (Å²) in [5.74, 6) is -0.502. The minimum atomic E-state index is -4.23. The molecule has 0 aliphatic carbocycles. The Hall–Kier alpha value is -3.56. The first kappa shape index (κ1) is 32.0. The fourth-order valence-electron chi connectivity index (χ4n) is 4.22. The van der Waals surface area contributed by atoms with E-state index < -0.39 is 28.5 Å². The number of amides is 2. The molecule has 2 amide bonds. The van der Waals surface area contributed by atoms with E-state index in [0.717, 1.165) is 16.3 Å². The van der Waals surface area contributed by atoms with Gasteiger partial charge in [-0.2, -0.15) is 0 Å². The summed E-state index contributed by atoms with van der Waals surface area (Å²) < 4.78 is 34.8. The summed E-state index contributed by atoms with van der Waals surface area (Å²) in [6, 6.07) is 21.1. The number of halogens is 1. The third-order valence-electron chi connectivity index (χ3n) is 6.77. The summed E-state index contributed by atoms with van der Waals surface area (Å²) in [5.41, 5.74) is 1.21. The van der Waals surface area contributed by atoms with E-state index in [4.69, 9.17) is 16.3 Å². The minimum absolute atomic E-state index is 0.0283. The third-order valence-corrected chi connectivity index (χ3v) is 8.79. The summed E-state index contributed by atoms with van der Waals surface area (Å²) in [6.45, 7) is 7.30. The number of anilines is 1. The highest BCUT2D eigenvalue weighted by atomic mass is 35.5. The zero-order chi connectivity index (χ0) is 30.0. The van der Waals surface area contributed by atoms with Crippen LogP contribution in [-0.2, 0) is 26.0 Å². The molecular weight excluding hydrogens is 562 g/mol. The molecule has 0 spiro atoms. The Morgan fingerprint density at radius 1 is 0.927 bits per heavy atom. The Morgan fingerprint density at radius 3 is 2.20 bits per heavy atom. The predicted molar refractivity (Wildman–Crippen MR) is 163 cm³/mol. The highest BCUT2D eigenvalue weighted by Gasteiger charge is 2.33. The molecule has 1 N–H and O–H groups in total. The molecule has 3 aromatic rings. The van der Waals surface area contributed by atoms with Gasteiger partial charge in [0.1, 0.15) is 18.3 Å². The summed E-state index contributed by atoms with van der Waals surface area (Å²) >= 11 is 6.02. The smallest absolute Gasteiger partial charge is 0.264 e. The molecule has 0 saturated heterocycles. The number of hydrogen-bond donors (Lipinski definition) is 1. The Labute approximate surface area is 248 Å². The molecule has 10 heteroatoms. The molecule has 0 fully saturated rings. The standard InChI is InChI=1S/C31H38ClN3O5S/c1-5-23(3)33-31(37)24(4)34(21-20-25-12-8-7-9-13-25)30(36)22-35(28-14-10-11-15-29(28)40-6-2)41(38,39)27-18-16-26(32)17-19-27/h7-19,23-24H,5-6,20-22H2,1-4H3,(H,33,37)/t23-,24+/m0/s1. The minimum Gasteiger partial charge on any atom is -0.492 e. The molecule has 41 heavy (non-hydrogen) atoms. The van der Waals surface area contributed by atoms with Crippen LogP contribution in [0.5, 0.6) is 5.75 Å². The molecule has 0 aliphatic rings. The topological polar surface area (TPSA) is 96.0 Å². The SMILES string of the molecule is CCOc1ccccc1N(CC(=O)N(CCc1ccccc1)[C@H](C)C(=O)N[C@@H](C)CC)S(=O)(=O)c1ccc(Cl)cc1. The van der Waals surface area contributed by atoms with E-state index in [1.807, 2.05) is 44.2 Å². The normalized spacial score (nSPS) is 12.7. The molecule has 3 rings (SSSR count). The second kappa shape index (κ2) is 14.9. The highest BCUT2D eigenvalue weighted by molar-refractivity contribution is 7.92. The van der Waals surface area contributed by atoms with Crippen LogP contribution in [0.15, 0.2) is 83.8 Å². The number of para-hydroxylation sites is 2. The molecule has 8 nitrogen and oxygen atoms in total. The Bertz CT molecular complexity index is 1400. The number of rotatable bonds is 14. The van der Waals surface area contributed by atoms with Crippen molar-refractivity contribution in [1.29, 1.82) is 0 Å². The highest BCUT2D eigenvalue weighted by Crippen LogP contribution is 2.33. The molecular formula is C31H38ClN3O5S. The van der Waals surface area contributed by atoms with Crippen molar-refractivity contribution in [3.8, 4) is 5.75 Å². The maximum atomic E-state index is 14.0. The van der Waals surface area contributed by atoms with E-state index in [0.29, 0.717) is 23.8 Å². The fourth-order valence-corrected chi connectivity index (χ4v) is 5.77. The Balaban J connectivity index is 2.02. The van der Waals surface area contributed by atoms with Gasteiger partial charge >= 0.3 is 0 Å². The number of carbonyl (C=O) groups is 2. The lowest BCUT2D eigenvalue weighted by atomic mass is 10.1. The summed E-state index contributed by atoms with van der Waals surface area (Å²) in [5, 5.41) is 3.32. The van der Waals surface area contributed by atoms with Crippen molar-refractivity contribution in [3.05, 3.63) is 89.4 Å². The zero-order valence-electron chi connectivity index (χ0n) is 23.9. The van der Waals surface area contributed by atoms with Gasteiger partial charge in [0.05, 0.1) is 17.2 Å². The van der Waals surface area contributed by atoms with Crippen LogP contribution >= 0.6 is 11.6 Å². The predicted octanol–water partition coefficient (Wildman–Crippen LogP) is 5.31. The Kier molecular flexibility index (Phi) is 11.6. The number of benzene rings is 3. The molecule has 220 valence electrons. The van der Waals surface area contributed by atoms with Gasteiger partial charge in [-0.15, -0.1) is 0 Å². The number of sulfonamides is 1. The lowest BCUT2D eigenvalue weighted by Crippen LogP contribution is -2.53. The third kappa shape index (κ3) is 8.47. The number of ether oxygens (including phenoxy) is 1. The largest absolute Gasteiger partial charge is 0.492 e. The molecule has 0 saturated carbocycles. The summed E-state index contributed by atoms with van der Waals surface area (Å²) in [4.78, 5) is 28.6. The Morgan fingerprint density at radius 2 is 1.56 bits per heavy atom. The number of nitrogens with zero attached hydrogens (tertiary/aromatic N) is 2. The lowest BCUT2D eigenvalue weighted by molar-refractivity contribution is -0.139. The van der Waals surface area contributed by atoms with Crippen LogP contribution < -0.4 is 14.4 Å². The van der Waals surface area contributed by atoms with E-state index >= 15 is 0 Å². The van der Waals surface area contributed by atoms with Gasteiger partial charge in [0.25, 0.3) is 10.0 Å². The quantitative estimate of drug-likeness (QED) is 0.271. The van der Waals surface area contributed by atoms with Gasteiger partial charge in [0.2, 0.25) is 11.8 Å². The first-order valence-corrected chi connectivity index (χ1v) is 15.5. The van der Waals surface area contributed by atoms with Crippen molar-refractivity contribution in [3.63, 3.8) is 0 Å². The average molecular weight is 600 g/mol. The van der Waals surface area contributed by atoms with Crippen molar-refractivity contribution in [2.75, 3.05) is 24.0 Å². The van der Waals surface area contributed by atoms with E-state index in [1.54, 1.807) is 38.1 Å². The summed E-state index contributed by atoms with van der Waals surface area (Å²) in [6.07, 6.45) is 1.23. The van der Waals surface area contributed by atoms with Gasteiger partial charge in [-0.25, -0.2) is 8.42 Å². The van der Waals surface area contributed by atoms with Gasteiger partial charge in [0, 0.05) is 17.6 Å². The molecule has 2 atom stereocenters. The van der Waals surface area contributed by atoms with Crippen molar-refractivity contribution in [2.45, 2.75) is 57.5 Å². The molecule has 0 bridgehead atoms. The molecule has 0 heterocycles. The first-order valence-electron chi connectivity index (χ1n) is 13.7. The van der Waals surface area contributed by atoms with Crippen LogP contribution in [0.25, 0.3) is 0 Å². The van der Waals surface area contributed by atoms with Gasteiger partial charge in [0.15, 0.2) is 0 Å². The molecule has 3 aromatic carbocycles. The van der Waals surface area contributed by atoms with Gasteiger partial charge in [-0.05, 0) is 75.6 Å². The maximum absolute atomic E-state index is 14.0. The van der Waals surface area contributed by atoms with Crippen LogP contribution in [0.2, 0.25) is 5.02 Å². The van der Waals surface area contributed by atoms with E-state index in [1.165, 1.54) is 29.2 Å². The molecule has 0 radical (unpaired) electrons. The van der Waals surface area contributed by atoms with Crippen molar-refractivity contribution in [2.24, 2.45) is 0 Å². The first-order chi connectivity index (χ1) is 19.6. The van der Waals surface area contributed by atoms with E-state index in [9.17, 15) is 18.0 Å². The van der Waals surface area contributed by atoms with Crippen LogP contribution in [0.1, 0.15) is 39.7 Å². The molecule has 0 aromatic heterocycles. The van der Waals surface area contributed by atoms with Crippen LogP contribution in [0.4, 0.5) is 5.69 Å². The number of carbonyl (C=O) groups excluding carboxylic acids is 2. The van der Waals surface area contributed by atoms with Crippen LogP contribution in [0, 0.1) is 0 Å².